The summed E-state index contributed by atoms with van der Waals surface area (Å²) in [6.07, 6.45) is 4.36. The molecule has 2 aromatic carbocycles. The number of rotatable bonds is 5. The lowest BCUT2D eigenvalue weighted by Crippen LogP contribution is -2.38. The summed E-state index contributed by atoms with van der Waals surface area (Å²) in [6.45, 7) is 4.63. The van der Waals surface area contributed by atoms with Crippen molar-refractivity contribution in [1.29, 1.82) is 0 Å². The molecule has 2 N–H and O–H groups in total. The van der Waals surface area contributed by atoms with Crippen molar-refractivity contribution in [3.05, 3.63) is 66.8 Å². The smallest absolute Gasteiger partial charge is 0.323 e. The third kappa shape index (κ3) is 4.84. The number of carbonyl (C=O) groups is 1. The van der Waals surface area contributed by atoms with Gasteiger partial charge >= 0.3 is 6.03 Å². The molecule has 1 saturated heterocycles. The van der Waals surface area contributed by atoms with E-state index in [1.54, 1.807) is 19.5 Å². The lowest BCUT2D eigenvalue weighted by molar-refractivity contribution is 0.215. The highest BCUT2D eigenvalue weighted by molar-refractivity contribution is 5.93. The van der Waals surface area contributed by atoms with Crippen LogP contribution in [0.15, 0.2) is 65.3 Å². The number of aromatic amines is 1. The number of aryl methyl sites for hydroxylation is 1. The summed E-state index contributed by atoms with van der Waals surface area (Å²) in [5.41, 5.74) is 3.77. The third-order valence-electron chi connectivity index (χ3n) is 6.17. The highest BCUT2D eigenvalue weighted by Gasteiger charge is 2.22. The Balaban J connectivity index is 1.26. The van der Waals surface area contributed by atoms with E-state index in [-0.39, 0.29) is 6.03 Å². The molecule has 2 aromatic heterocycles. The van der Waals surface area contributed by atoms with E-state index in [1.807, 2.05) is 54.3 Å². The van der Waals surface area contributed by atoms with E-state index < -0.39 is 0 Å². The van der Waals surface area contributed by atoms with Crippen LogP contribution in [-0.2, 0) is 0 Å². The predicted molar refractivity (Wildman–Crippen MR) is 135 cm³/mol. The Morgan fingerprint density at radius 3 is 2.71 bits per heavy atom. The van der Waals surface area contributed by atoms with E-state index in [2.05, 4.69) is 31.5 Å². The number of amides is 2. The van der Waals surface area contributed by atoms with Crippen LogP contribution in [0.5, 0.6) is 5.75 Å². The molecular weight excluding hydrogens is 444 g/mol. The number of nitrogens with zero attached hydrogens (tertiary/aromatic N) is 4. The topological polar surface area (TPSA) is 99.5 Å². The molecule has 35 heavy (non-hydrogen) atoms. The minimum atomic E-state index is -0.148. The van der Waals surface area contributed by atoms with Gasteiger partial charge in [-0.2, -0.15) is 5.10 Å². The van der Waals surface area contributed by atoms with E-state index in [0.29, 0.717) is 37.1 Å². The number of carbonyl (C=O) groups excluding carboxylic acids is 1. The van der Waals surface area contributed by atoms with Crippen molar-refractivity contribution in [3.63, 3.8) is 0 Å². The summed E-state index contributed by atoms with van der Waals surface area (Å²) < 4.78 is 11.3. The van der Waals surface area contributed by atoms with Crippen LogP contribution in [0.25, 0.3) is 22.5 Å². The fraction of sp³-hybridized carbons (Fsp3) is 0.269. The van der Waals surface area contributed by atoms with Gasteiger partial charge in [0.15, 0.2) is 17.5 Å². The van der Waals surface area contributed by atoms with Crippen molar-refractivity contribution in [2.24, 2.45) is 0 Å². The molecule has 3 heterocycles. The van der Waals surface area contributed by atoms with Gasteiger partial charge in [0.2, 0.25) is 0 Å². The molecule has 0 unspecified atom stereocenters. The number of hydrogen-bond donors (Lipinski definition) is 2. The Morgan fingerprint density at radius 2 is 1.94 bits per heavy atom. The molecule has 0 spiro atoms. The van der Waals surface area contributed by atoms with E-state index >= 15 is 0 Å². The zero-order valence-corrected chi connectivity index (χ0v) is 19.8. The normalized spacial score (nSPS) is 14.0. The zero-order valence-electron chi connectivity index (χ0n) is 19.8. The second-order valence-electron chi connectivity index (χ2n) is 8.40. The maximum atomic E-state index is 13.1. The van der Waals surface area contributed by atoms with Gasteiger partial charge in [-0.25, -0.2) is 9.78 Å². The van der Waals surface area contributed by atoms with Crippen LogP contribution in [0.3, 0.4) is 0 Å². The van der Waals surface area contributed by atoms with Crippen molar-refractivity contribution in [3.8, 4) is 28.2 Å². The molecule has 2 amide bonds. The van der Waals surface area contributed by atoms with Crippen LogP contribution in [0.4, 0.5) is 16.3 Å². The molecule has 9 nitrogen and oxygen atoms in total. The maximum Gasteiger partial charge on any atom is 0.323 e. The first-order valence-corrected chi connectivity index (χ1v) is 11.6. The quantitative estimate of drug-likeness (QED) is 0.433. The molecule has 5 rings (SSSR count). The van der Waals surface area contributed by atoms with E-state index in [4.69, 9.17) is 9.15 Å². The van der Waals surface area contributed by atoms with Gasteiger partial charge < -0.3 is 19.0 Å². The Kier molecular flexibility index (Phi) is 6.38. The fourth-order valence-electron chi connectivity index (χ4n) is 4.35. The standard InChI is InChI=1S/C26H28N6O3/c1-18-27-17-24(35-18)21-10-9-20(15-23(21)34-2)31-11-6-12-32(14-13-31)26(33)29-25-22(16-28-30-25)19-7-4-3-5-8-19/h3-5,7-10,15-17H,6,11-14H2,1-2H3,(H2,28,29,30,33). The average molecular weight is 473 g/mol. The minimum Gasteiger partial charge on any atom is -0.496 e. The predicted octanol–water partition coefficient (Wildman–Crippen LogP) is 4.79. The molecule has 1 fully saturated rings. The second-order valence-corrected chi connectivity index (χ2v) is 8.40. The first-order valence-electron chi connectivity index (χ1n) is 11.6. The number of anilines is 2. The van der Waals surface area contributed by atoms with Gasteiger partial charge in [0.05, 0.1) is 18.9 Å². The largest absolute Gasteiger partial charge is 0.496 e. The number of ether oxygens (including phenoxy) is 1. The number of benzene rings is 2. The summed E-state index contributed by atoms with van der Waals surface area (Å²) in [7, 11) is 1.65. The van der Waals surface area contributed by atoms with Crippen LogP contribution < -0.4 is 15.0 Å². The first-order chi connectivity index (χ1) is 17.1. The zero-order chi connectivity index (χ0) is 24.2. The Morgan fingerprint density at radius 1 is 1.09 bits per heavy atom. The molecule has 1 aliphatic heterocycles. The van der Waals surface area contributed by atoms with Crippen molar-refractivity contribution in [1.82, 2.24) is 20.1 Å². The van der Waals surface area contributed by atoms with Gasteiger partial charge in [0.25, 0.3) is 0 Å². The van der Waals surface area contributed by atoms with Gasteiger partial charge in [-0.05, 0) is 24.1 Å². The van der Waals surface area contributed by atoms with Gasteiger partial charge in [-0.1, -0.05) is 30.3 Å². The van der Waals surface area contributed by atoms with Crippen LogP contribution in [0, 0.1) is 6.92 Å². The lowest BCUT2D eigenvalue weighted by Gasteiger charge is -2.24. The lowest BCUT2D eigenvalue weighted by atomic mass is 10.1. The summed E-state index contributed by atoms with van der Waals surface area (Å²) in [5.74, 6) is 2.55. The summed E-state index contributed by atoms with van der Waals surface area (Å²) in [5, 5.41) is 10.1. The number of oxazole rings is 1. The molecule has 9 heteroatoms. The molecule has 1 aliphatic rings. The number of methoxy groups -OCH3 is 1. The van der Waals surface area contributed by atoms with Crippen LogP contribution in [0.1, 0.15) is 12.3 Å². The number of urea groups is 1. The van der Waals surface area contributed by atoms with Gasteiger partial charge in [0, 0.05) is 56.6 Å². The summed E-state index contributed by atoms with van der Waals surface area (Å²) in [6, 6.07) is 15.8. The van der Waals surface area contributed by atoms with E-state index in [0.717, 1.165) is 41.1 Å². The third-order valence-corrected chi connectivity index (χ3v) is 6.17. The van der Waals surface area contributed by atoms with Gasteiger partial charge in [-0.15, -0.1) is 0 Å². The van der Waals surface area contributed by atoms with Crippen molar-refractivity contribution in [2.75, 3.05) is 43.5 Å². The van der Waals surface area contributed by atoms with Gasteiger partial charge in [-0.3, -0.25) is 10.4 Å². The number of aromatic nitrogens is 3. The van der Waals surface area contributed by atoms with E-state index in [9.17, 15) is 4.79 Å². The Labute approximate surface area is 203 Å². The Bertz CT molecular complexity index is 1300. The molecular formula is C26H28N6O3. The Hall–Kier alpha value is -4.27. The highest BCUT2D eigenvalue weighted by atomic mass is 16.5. The molecule has 4 aromatic rings. The van der Waals surface area contributed by atoms with Crippen molar-refractivity contribution >= 4 is 17.5 Å². The average Bonchev–Trinajstić information content (AvgIpc) is 3.45. The minimum absolute atomic E-state index is 0.148. The van der Waals surface area contributed by atoms with Crippen molar-refractivity contribution in [2.45, 2.75) is 13.3 Å². The van der Waals surface area contributed by atoms with Crippen LogP contribution in [-0.4, -0.2) is 59.4 Å². The monoisotopic (exact) mass is 472 g/mol. The van der Waals surface area contributed by atoms with E-state index in [1.165, 1.54) is 0 Å². The summed E-state index contributed by atoms with van der Waals surface area (Å²) >= 11 is 0. The van der Waals surface area contributed by atoms with Gasteiger partial charge in [0.1, 0.15) is 5.75 Å². The SMILES string of the molecule is COc1cc(N2CCCN(C(=O)Nc3n[nH]cc3-c3ccccc3)CC2)ccc1-c1cnc(C)o1. The molecule has 0 atom stereocenters. The molecule has 0 radical (unpaired) electrons. The maximum absolute atomic E-state index is 13.1. The summed E-state index contributed by atoms with van der Waals surface area (Å²) in [4.78, 5) is 21.4. The fourth-order valence-corrected chi connectivity index (χ4v) is 4.35. The number of H-pyrrole nitrogens is 1. The molecule has 180 valence electrons. The number of hydrogen-bond acceptors (Lipinski definition) is 6. The number of nitrogens with one attached hydrogen (secondary N) is 2. The van der Waals surface area contributed by atoms with Crippen molar-refractivity contribution < 1.29 is 13.9 Å². The molecule has 0 saturated carbocycles. The molecule has 0 aliphatic carbocycles. The second kappa shape index (κ2) is 9.92. The highest BCUT2D eigenvalue weighted by Crippen LogP contribution is 2.34. The van der Waals surface area contributed by atoms with Crippen LogP contribution in [0.2, 0.25) is 0 Å². The first kappa shape index (κ1) is 22.5. The van der Waals surface area contributed by atoms with Crippen LogP contribution >= 0.6 is 0 Å². The molecule has 0 bridgehead atoms.